The number of carbonyl (C=O) groups excluding carboxylic acids is 1. The number of benzene rings is 1. The van der Waals surface area contributed by atoms with Crippen molar-refractivity contribution in [3.63, 3.8) is 0 Å². The molecule has 1 saturated heterocycles. The highest BCUT2D eigenvalue weighted by atomic mass is 35.5. The molecular weight excluding hydrogens is 305 g/mol. The van der Waals surface area contributed by atoms with E-state index in [9.17, 15) is 9.59 Å². The number of amides is 1. The molecule has 1 fully saturated rings. The number of hydrogen-bond acceptors (Lipinski definition) is 3. The van der Waals surface area contributed by atoms with Crippen LogP contribution in [0.25, 0.3) is 0 Å². The topological polar surface area (TPSA) is 66.8 Å². The average Bonchev–Trinajstić information content (AvgIpc) is 2.34. The average molecular weight is 318 g/mol. The van der Waals surface area contributed by atoms with Gasteiger partial charge in [-0.05, 0) is 12.1 Å². The lowest BCUT2D eigenvalue weighted by molar-refractivity contribution is -0.146. The minimum atomic E-state index is -0.839. The van der Waals surface area contributed by atoms with Crippen LogP contribution in [-0.2, 0) is 9.59 Å². The molecule has 108 valence electrons. The third-order valence-electron chi connectivity index (χ3n) is 3.03. The number of carbonyl (C=O) groups is 2. The van der Waals surface area contributed by atoms with Gasteiger partial charge in [0.25, 0.3) is 5.91 Å². The molecule has 0 unspecified atom stereocenters. The molecule has 1 aliphatic rings. The Labute approximate surface area is 126 Å². The fourth-order valence-electron chi connectivity index (χ4n) is 1.95. The van der Waals surface area contributed by atoms with E-state index in [1.165, 1.54) is 0 Å². The standard InChI is InChI=1S/C13H13Cl2NO4/c14-10-2-1-9(4-11(10)15)20-7-12(17)16-5-8(6-16)3-13(18)19/h1-2,4,8H,3,5-7H2,(H,18,19). The molecule has 1 amide bonds. The molecular formula is C13H13Cl2NO4. The lowest BCUT2D eigenvalue weighted by Gasteiger charge is -2.38. The zero-order valence-corrected chi connectivity index (χ0v) is 12.0. The summed E-state index contributed by atoms with van der Waals surface area (Å²) in [6.07, 6.45) is 0.0947. The summed E-state index contributed by atoms with van der Waals surface area (Å²) in [5.74, 6) is -0.497. The van der Waals surface area contributed by atoms with Crippen molar-refractivity contribution in [2.75, 3.05) is 19.7 Å². The Bertz CT molecular complexity index is 529. The highest BCUT2D eigenvalue weighted by molar-refractivity contribution is 6.42. The van der Waals surface area contributed by atoms with Gasteiger partial charge in [0.2, 0.25) is 0 Å². The Balaban J connectivity index is 1.76. The van der Waals surface area contributed by atoms with Crippen LogP contribution in [0.2, 0.25) is 10.0 Å². The fourth-order valence-corrected chi connectivity index (χ4v) is 2.24. The van der Waals surface area contributed by atoms with Gasteiger partial charge in [0.05, 0.1) is 16.5 Å². The third-order valence-corrected chi connectivity index (χ3v) is 3.77. The second-order valence-electron chi connectivity index (χ2n) is 4.63. The van der Waals surface area contributed by atoms with E-state index in [4.69, 9.17) is 33.0 Å². The summed E-state index contributed by atoms with van der Waals surface area (Å²) < 4.78 is 5.33. The van der Waals surface area contributed by atoms with E-state index >= 15 is 0 Å². The molecule has 1 heterocycles. The molecule has 0 radical (unpaired) electrons. The van der Waals surface area contributed by atoms with Crippen molar-refractivity contribution in [2.45, 2.75) is 6.42 Å². The van der Waals surface area contributed by atoms with E-state index in [0.717, 1.165) is 0 Å². The zero-order valence-electron chi connectivity index (χ0n) is 10.5. The molecule has 0 bridgehead atoms. The molecule has 1 N–H and O–H groups in total. The molecule has 1 aliphatic heterocycles. The van der Waals surface area contributed by atoms with Gasteiger partial charge in [0.15, 0.2) is 6.61 Å². The van der Waals surface area contributed by atoms with Crippen LogP contribution in [0.3, 0.4) is 0 Å². The van der Waals surface area contributed by atoms with Crippen LogP contribution in [0.1, 0.15) is 6.42 Å². The molecule has 0 spiro atoms. The van der Waals surface area contributed by atoms with Crippen molar-refractivity contribution in [3.8, 4) is 5.75 Å². The second kappa shape index (κ2) is 6.33. The minimum Gasteiger partial charge on any atom is -0.484 e. The molecule has 0 saturated carbocycles. The molecule has 1 aromatic carbocycles. The number of aliphatic carboxylic acids is 1. The van der Waals surface area contributed by atoms with E-state index < -0.39 is 5.97 Å². The molecule has 2 rings (SSSR count). The molecule has 20 heavy (non-hydrogen) atoms. The van der Waals surface area contributed by atoms with Crippen molar-refractivity contribution in [3.05, 3.63) is 28.2 Å². The van der Waals surface area contributed by atoms with E-state index in [-0.39, 0.29) is 24.9 Å². The fraction of sp³-hybridized carbons (Fsp3) is 0.385. The lowest BCUT2D eigenvalue weighted by atomic mass is 9.96. The van der Waals surface area contributed by atoms with Crippen LogP contribution < -0.4 is 4.74 Å². The predicted octanol–water partition coefficient (Wildman–Crippen LogP) is 2.31. The lowest BCUT2D eigenvalue weighted by Crippen LogP contribution is -2.52. The second-order valence-corrected chi connectivity index (χ2v) is 5.44. The van der Waals surface area contributed by atoms with Crippen molar-refractivity contribution in [2.24, 2.45) is 5.92 Å². The Morgan fingerprint density at radius 2 is 2.00 bits per heavy atom. The van der Waals surface area contributed by atoms with Crippen molar-refractivity contribution in [1.82, 2.24) is 4.90 Å². The number of likely N-dealkylation sites (tertiary alicyclic amines) is 1. The summed E-state index contributed by atoms with van der Waals surface area (Å²) in [5.41, 5.74) is 0. The van der Waals surface area contributed by atoms with Crippen LogP contribution in [0.5, 0.6) is 5.75 Å². The summed E-state index contributed by atoms with van der Waals surface area (Å²) >= 11 is 11.6. The van der Waals surface area contributed by atoms with Gasteiger partial charge in [0.1, 0.15) is 5.75 Å². The number of ether oxygens (including phenoxy) is 1. The number of rotatable bonds is 5. The number of hydrogen-bond donors (Lipinski definition) is 1. The summed E-state index contributed by atoms with van der Waals surface area (Å²) in [6.45, 7) is 0.837. The van der Waals surface area contributed by atoms with Gasteiger partial charge in [-0.15, -0.1) is 0 Å². The molecule has 7 heteroatoms. The first-order chi connectivity index (χ1) is 9.45. The quantitative estimate of drug-likeness (QED) is 0.905. The van der Waals surface area contributed by atoms with Crippen molar-refractivity contribution < 1.29 is 19.4 Å². The Morgan fingerprint density at radius 3 is 2.60 bits per heavy atom. The number of halogens is 2. The van der Waals surface area contributed by atoms with E-state index in [1.54, 1.807) is 23.1 Å². The smallest absolute Gasteiger partial charge is 0.303 e. The summed E-state index contributed by atoms with van der Waals surface area (Å²) in [7, 11) is 0. The van der Waals surface area contributed by atoms with E-state index in [1.807, 2.05) is 0 Å². The van der Waals surface area contributed by atoms with Gasteiger partial charge >= 0.3 is 5.97 Å². The van der Waals surface area contributed by atoms with Gasteiger partial charge in [-0.1, -0.05) is 23.2 Å². The van der Waals surface area contributed by atoms with Crippen LogP contribution in [0.15, 0.2) is 18.2 Å². The first-order valence-electron chi connectivity index (χ1n) is 6.03. The van der Waals surface area contributed by atoms with Crippen LogP contribution in [-0.4, -0.2) is 41.6 Å². The number of nitrogens with zero attached hydrogens (tertiary/aromatic N) is 1. The van der Waals surface area contributed by atoms with Gasteiger partial charge in [-0.3, -0.25) is 9.59 Å². The van der Waals surface area contributed by atoms with Gasteiger partial charge < -0.3 is 14.7 Å². The molecule has 5 nitrogen and oxygen atoms in total. The first kappa shape index (κ1) is 14.9. The SMILES string of the molecule is O=C(O)CC1CN(C(=O)COc2ccc(Cl)c(Cl)c2)C1. The maximum absolute atomic E-state index is 11.8. The van der Waals surface area contributed by atoms with E-state index in [2.05, 4.69) is 0 Å². The van der Waals surface area contributed by atoms with Gasteiger partial charge in [0, 0.05) is 25.1 Å². The van der Waals surface area contributed by atoms with Crippen molar-refractivity contribution >= 4 is 35.1 Å². The van der Waals surface area contributed by atoms with Gasteiger partial charge in [-0.25, -0.2) is 0 Å². The monoisotopic (exact) mass is 317 g/mol. The van der Waals surface area contributed by atoms with Crippen LogP contribution in [0, 0.1) is 5.92 Å². The Morgan fingerprint density at radius 1 is 1.30 bits per heavy atom. The predicted molar refractivity (Wildman–Crippen MR) is 74.3 cm³/mol. The first-order valence-corrected chi connectivity index (χ1v) is 6.78. The minimum absolute atomic E-state index is 0.0430. The highest BCUT2D eigenvalue weighted by Crippen LogP contribution is 2.26. The molecule has 0 atom stereocenters. The largest absolute Gasteiger partial charge is 0.484 e. The van der Waals surface area contributed by atoms with Crippen molar-refractivity contribution in [1.29, 1.82) is 0 Å². The maximum Gasteiger partial charge on any atom is 0.303 e. The maximum atomic E-state index is 11.8. The summed E-state index contributed by atoms with van der Waals surface area (Å²) in [5, 5.41) is 9.41. The number of carboxylic acids is 1. The Kier molecular flexibility index (Phi) is 4.73. The molecule has 0 aliphatic carbocycles. The highest BCUT2D eigenvalue weighted by Gasteiger charge is 2.32. The summed E-state index contributed by atoms with van der Waals surface area (Å²) in [6, 6.07) is 4.77. The van der Waals surface area contributed by atoms with E-state index in [0.29, 0.717) is 28.9 Å². The van der Waals surface area contributed by atoms with Gasteiger partial charge in [-0.2, -0.15) is 0 Å². The van der Waals surface area contributed by atoms with Crippen LogP contribution >= 0.6 is 23.2 Å². The normalized spacial score (nSPS) is 14.8. The molecule has 0 aromatic heterocycles. The van der Waals surface area contributed by atoms with Crippen LogP contribution in [0.4, 0.5) is 0 Å². The summed E-state index contributed by atoms with van der Waals surface area (Å²) in [4.78, 5) is 23.8. The molecule has 1 aromatic rings. The Hall–Kier alpha value is -1.46. The number of carboxylic acid groups (broad SMARTS) is 1. The third kappa shape index (κ3) is 3.77. The zero-order chi connectivity index (χ0) is 14.7.